The summed E-state index contributed by atoms with van der Waals surface area (Å²) >= 11 is 0. The molecule has 0 bridgehead atoms. The van der Waals surface area contributed by atoms with Crippen molar-refractivity contribution in [3.8, 4) is 0 Å². The van der Waals surface area contributed by atoms with Gasteiger partial charge in [0.1, 0.15) is 17.5 Å². The molecule has 1 N–H and O–H groups in total. The second-order valence-corrected chi connectivity index (χ2v) is 5.57. The van der Waals surface area contributed by atoms with Gasteiger partial charge in [-0.3, -0.25) is 5.32 Å². The van der Waals surface area contributed by atoms with Gasteiger partial charge >= 0.3 is 6.03 Å². The van der Waals surface area contributed by atoms with Crippen LogP contribution < -0.4 is 5.32 Å². The number of anilines is 1. The first-order valence-electron chi connectivity index (χ1n) is 7.25. The Morgan fingerprint density at radius 2 is 2.36 bits per heavy atom. The minimum absolute atomic E-state index is 0.243. The topological polar surface area (TPSA) is 63.1 Å². The van der Waals surface area contributed by atoms with Crippen LogP contribution in [0.3, 0.4) is 0 Å². The Kier molecular flexibility index (Phi) is 4.04. The number of urea groups is 1. The van der Waals surface area contributed by atoms with Gasteiger partial charge in [0.15, 0.2) is 0 Å². The molecule has 0 fully saturated rings. The number of pyridine rings is 1. The number of aromatic nitrogens is 3. The minimum Gasteiger partial charge on any atom is -0.335 e. The normalized spacial score (nSPS) is 16.9. The van der Waals surface area contributed by atoms with Gasteiger partial charge < -0.3 is 9.47 Å². The maximum absolute atomic E-state index is 12.8. The van der Waals surface area contributed by atoms with E-state index in [1.165, 1.54) is 12.1 Å². The third-order valence-electron chi connectivity index (χ3n) is 3.89. The van der Waals surface area contributed by atoms with Gasteiger partial charge in [-0.05, 0) is 24.5 Å². The van der Waals surface area contributed by atoms with Crippen molar-refractivity contribution < 1.29 is 9.18 Å². The van der Waals surface area contributed by atoms with Gasteiger partial charge in [-0.25, -0.2) is 19.2 Å². The Labute approximate surface area is 128 Å². The van der Waals surface area contributed by atoms with Crippen LogP contribution in [0.25, 0.3) is 0 Å². The molecular weight excluding hydrogens is 285 g/mol. The van der Waals surface area contributed by atoms with Gasteiger partial charge in [0.25, 0.3) is 0 Å². The van der Waals surface area contributed by atoms with Crippen molar-refractivity contribution in [2.75, 3.05) is 18.9 Å². The molecule has 0 saturated heterocycles. The maximum Gasteiger partial charge on any atom is 0.322 e. The van der Waals surface area contributed by atoms with E-state index in [2.05, 4.69) is 19.9 Å². The van der Waals surface area contributed by atoms with Gasteiger partial charge in [0.05, 0.1) is 6.20 Å². The van der Waals surface area contributed by atoms with E-state index in [1.807, 2.05) is 12.4 Å². The summed E-state index contributed by atoms with van der Waals surface area (Å²) in [7, 11) is 1.75. The number of amides is 2. The van der Waals surface area contributed by atoms with Crippen LogP contribution in [0.1, 0.15) is 12.2 Å². The van der Waals surface area contributed by atoms with Gasteiger partial charge in [-0.2, -0.15) is 0 Å². The number of imidazole rings is 1. The molecule has 0 unspecified atom stereocenters. The van der Waals surface area contributed by atoms with Gasteiger partial charge in [-0.15, -0.1) is 0 Å². The van der Waals surface area contributed by atoms with Crippen LogP contribution in [0, 0.1) is 11.7 Å². The van der Waals surface area contributed by atoms with Crippen LogP contribution in [0.5, 0.6) is 0 Å². The van der Waals surface area contributed by atoms with E-state index in [4.69, 9.17) is 0 Å². The van der Waals surface area contributed by atoms with Crippen molar-refractivity contribution in [1.29, 1.82) is 0 Å². The highest BCUT2D eigenvalue weighted by molar-refractivity contribution is 5.88. The number of fused-ring (bicyclic) bond motifs is 1. The smallest absolute Gasteiger partial charge is 0.322 e. The molecule has 0 aromatic carbocycles. The van der Waals surface area contributed by atoms with Crippen molar-refractivity contribution in [3.05, 3.63) is 42.4 Å². The van der Waals surface area contributed by atoms with E-state index in [1.54, 1.807) is 11.9 Å². The van der Waals surface area contributed by atoms with Crippen LogP contribution in [-0.2, 0) is 13.0 Å². The summed E-state index contributed by atoms with van der Waals surface area (Å²) in [6.45, 7) is 1.59. The Morgan fingerprint density at radius 3 is 3.14 bits per heavy atom. The maximum atomic E-state index is 12.8. The largest absolute Gasteiger partial charge is 0.335 e. The fourth-order valence-corrected chi connectivity index (χ4v) is 2.70. The molecule has 6 nitrogen and oxygen atoms in total. The van der Waals surface area contributed by atoms with Crippen LogP contribution in [0.15, 0.2) is 30.7 Å². The van der Waals surface area contributed by atoms with Crippen LogP contribution >= 0.6 is 0 Å². The molecule has 2 amide bonds. The average Bonchev–Trinajstić information content (AvgIpc) is 2.97. The van der Waals surface area contributed by atoms with E-state index in [0.29, 0.717) is 18.3 Å². The molecule has 0 saturated carbocycles. The number of halogens is 1. The molecule has 116 valence electrons. The number of carbonyl (C=O) groups excluding carboxylic acids is 1. The first-order chi connectivity index (χ1) is 10.6. The summed E-state index contributed by atoms with van der Waals surface area (Å²) in [5.41, 5.74) is 0. The Hall–Kier alpha value is -2.44. The Morgan fingerprint density at radius 1 is 1.50 bits per heavy atom. The highest BCUT2D eigenvalue weighted by Gasteiger charge is 2.22. The number of carbonyl (C=O) groups is 1. The van der Waals surface area contributed by atoms with Crippen molar-refractivity contribution in [1.82, 2.24) is 19.4 Å². The zero-order chi connectivity index (χ0) is 15.5. The quantitative estimate of drug-likeness (QED) is 0.945. The third kappa shape index (κ3) is 3.24. The molecule has 0 radical (unpaired) electrons. The van der Waals surface area contributed by atoms with E-state index in [0.717, 1.165) is 31.4 Å². The monoisotopic (exact) mass is 303 g/mol. The number of hydrogen-bond acceptors (Lipinski definition) is 3. The molecule has 3 heterocycles. The first-order valence-corrected chi connectivity index (χ1v) is 7.25. The molecular formula is C15H18FN5O. The predicted octanol–water partition coefficient (Wildman–Crippen LogP) is 2.14. The highest BCUT2D eigenvalue weighted by Crippen LogP contribution is 2.20. The summed E-state index contributed by atoms with van der Waals surface area (Å²) in [6, 6.07) is 2.47. The minimum atomic E-state index is -0.427. The van der Waals surface area contributed by atoms with Crippen molar-refractivity contribution >= 4 is 11.8 Å². The van der Waals surface area contributed by atoms with E-state index < -0.39 is 5.82 Å². The summed E-state index contributed by atoms with van der Waals surface area (Å²) < 4.78 is 14.9. The fourth-order valence-electron chi connectivity index (χ4n) is 2.70. The van der Waals surface area contributed by atoms with E-state index in [-0.39, 0.29) is 6.03 Å². The average molecular weight is 303 g/mol. The Bertz CT molecular complexity index is 654. The van der Waals surface area contributed by atoms with E-state index in [9.17, 15) is 9.18 Å². The molecule has 1 aliphatic rings. The molecule has 1 atom stereocenters. The second kappa shape index (κ2) is 6.13. The lowest BCUT2D eigenvalue weighted by molar-refractivity contribution is 0.207. The molecule has 2 aromatic rings. The number of hydrogen-bond donors (Lipinski definition) is 1. The lowest BCUT2D eigenvalue weighted by Crippen LogP contribution is -2.37. The molecule has 0 spiro atoms. The summed E-state index contributed by atoms with van der Waals surface area (Å²) in [5.74, 6) is 1.39. The second-order valence-electron chi connectivity index (χ2n) is 5.57. The fraction of sp³-hybridized carbons (Fsp3) is 0.400. The van der Waals surface area contributed by atoms with Gasteiger partial charge in [0.2, 0.25) is 0 Å². The first kappa shape index (κ1) is 14.5. The molecule has 7 heteroatoms. The standard InChI is InChI=1S/C15H18FN5O/c1-20(15(22)19-13-3-2-12(16)9-18-13)10-11-4-6-21-7-5-17-14(21)8-11/h2-3,5,7,9,11H,4,6,8,10H2,1H3,(H,18,19,22)/t11-/m0/s1. The van der Waals surface area contributed by atoms with Crippen molar-refractivity contribution in [2.24, 2.45) is 5.92 Å². The zero-order valence-corrected chi connectivity index (χ0v) is 12.4. The highest BCUT2D eigenvalue weighted by atomic mass is 19.1. The Balaban J connectivity index is 1.54. The summed E-state index contributed by atoms with van der Waals surface area (Å²) in [6.07, 6.45) is 6.78. The number of nitrogens with one attached hydrogen (secondary N) is 1. The number of aryl methyl sites for hydroxylation is 1. The number of nitrogens with zero attached hydrogens (tertiary/aromatic N) is 4. The summed E-state index contributed by atoms with van der Waals surface area (Å²) in [4.78, 5) is 21.9. The van der Waals surface area contributed by atoms with Crippen LogP contribution in [-0.4, -0.2) is 39.1 Å². The van der Waals surface area contributed by atoms with Crippen LogP contribution in [0.4, 0.5) is 15.0 Å². The lowest BCUT2D eigenvalue weighted by Gasteiger charge is -2.27. The van der Waals surface area contributed by atoms with Gasteiger partial charge in [-0.1, -0.05) is 0 Å². The van der Waals surface area contributed by atoms with Gasteiger partial charge in [0, 0.05) is 39.0 Å². The van der Waals surface area contributed by atoms with Crippen molar-refractivity contribution in [2.45, 2.75) is 19.4 Å². The molecule has 22 heavy (non-hydrogen) atoms. The molecule has 3 rings (SSSR count). The zero-order valence-electron chi connectivity index (χ0n) is 12.4. The van der Waals surface area contributed by atoms with E-state index >= 15 is 0 Å². The molecule has 0 aliphatic carbocycles. The number of rotatable bonds is 3. The predicted molar refractivity (Wildman–Crippen MR) is 79.9 cm³/mol. The molecule has 2 aromatic heterocycles. The van der Waals surface area contributed by atoms with Crippen molar-refractivity contribution in [3.63, 3.8) is 0 Å². The van der Waals surface area contributed by atoms with Crippen LogP contribution in [0.2, 0.25) is 0 Å². The molecule has 1 aliphatic heterocycles. The SMILES string of the molecule is CN(C[C@H]1CCn2ccnc2C1)C(=O)Nc1ccc(F)cn1. The lowest BCUT2D eigenvalue weighted by atomic mass is 9.97. The summed E-state index contributed by atoms with van der Waals surface area (Å²) in [5, 5.41) is 2.66. The third-order valence-corrected chi connectivity index (χ3v) is 3.89.